The summed E-state index contributed by atoms with van der Waals surface area (Å²) in [7, 11) is 1.87. The minimum atomic E-state index is -0.214. The highest BCUT2D eigenvalue weighted by molar-refractivity contribution is 6.35. The van der Waals surface area contributed by atoms with Crippen LogP contribution in [-0.2, 0) is 16.1 Å². The highest BCUT2D eigenvalue weighted by atomic mass is 16.5. The van der Waals surface area contributed by atoms with Crippen molar-refractivity contribution in [3.63, 3.8) is 0 Å². The fraction of sp³-hybridized carbons (Fsp3) is 0.385. The third-order valence-electron chi connectivity index (χ3n) is 5.29. The van der Waals surface area contributed by atoms with E-state index in [1.54, 1.807) is 0 Å². The maximum absolute atomic E-state index is 13.3. The van der Waals surface area contributed by atoms with Gasteiger partial charge in [0, 0.05) is 20.1 Å². The zero-order valence-corrected chi connectivity index (χ0v) is 18.9. The molecule has 2 aromatic carbocycles. The number of hydrogen-bond acceptors (Lipinski definition) is 4. The lowest BCUT2D eigenvalue weighted by Gasteiger charge is -2.21. The van der Waals surface area contributed by atoms with Crippen LogP contribution in [0.3, 0.4) is 0 Å². The lowest BCUT2D eigenvalue weighted by Crippen LogP contribution is -2.34. The van der Waals surface area contributed by atoms with Crippen molar-refractivity contribution in [3.8, 4) is 5.75 Å². The molecule has 2 aromatic rings. The average molecular weight is 421 g/mol. The Kier molecular flexibility index (Phi) is 7.50. The van der Waals surface area contributed by atoms with Gasteiger partial charge in [-0.05, 0) is 43.5 Å². The van der Waals surface area contributed by atoms with E-state index in [4.69, 9.17) is 4.74 Å². The second kappa shape index (κ2) is 10.3. The van der Waals surface area contributed by atoms with Crippen molar-refractivity contribution in [3.05, 3.63) is 71.4 Å². The molecule has 0 bridgehead atoms. The molecule has 164 valence electrons. The molecule has 0 radical (unpaired) electrons. The first kappa shape index (κ1) is 22.6. The molecule has 1 heterocycles. The summed E-state index contributed by atoms with van der Waals surface area (Å²) in [6.07, 6.45) is 2.91. The number of hydrogen-bond donors (Lipinski definition) is 0. The summed E-state index contributed by atoms with van der Waals surface area (Å²) in [5.41, 5.74) is 2.75. The maximum Gasteiger partial charge on any atom is 0.277 e. The van der Waals surface area contributed by atoms with Gasteiger partial charge in [0.2, 0.25) is 0 Å². The standard InChI is InChI=1S/C26H32N2O3/c1-5-6-10-17-28-25(29)23(21-13-15-22(16-14-21)31-19(2)3)24(26(28)30)27(4)18-20-11-8-7-9-12-20/h7-9,11-16,19H,5-6,10,17-18H2,1-4H3. The van der Waals surface area contributed by atoms with Crippen LogP contribution in [0.1, 0.15) is 51.2 Å². The molecule has 0 saturated heterocycles. The molecular weight excluding hydrogens is 388 g/mol. The Hall–Kier alpha value is -3.08. The van der Waals surface area contributed by atoms with E-state index >= 15 is 0 Å². The van der Waals surface area contributed by atoms with Crippen LogP contribution in [-0.4, -0.2) is 41.3 Å². The van der Waals surface area contributed by atoms with E-state index in [0.29, 0.717) is 24.4 Å². The number of imide groups is 1. The highest BCUT2D eigenvalue weighted by Crippen LogP contribution is 2.33. The Morgan fingerprint density at radius 3 is 2.23 bits per heavy atom. The summed E-state index contributed by atoms with van der Waals surface area (Å²) < 4.78 is 5.73. The van der Waals surface area contributed by atoms with Gasteiger partial charge in [0.15, 0.2) is 0 Å². The first-order chi connectivity index (χ1) is 14.9. The van der Waals surface area contributed by atoms with Crippen LogP contribution < -0.4 is 4.74 Å². The van der Waals surface area contributed by atoms with Crippen molar-refractivity contribution < 1.29 is 14.3 Å². The molecule has 1 aliphatic rings. The number of unbranched alkanes of at least 4 members (excludes halogenated alkanes) is 2. The van der Waals surface area contributed by atoms with Crippen LogP contribution in [0.4, 0.5) is 0 Å². The summed E-state index contributed by atoms with van der Waals surface area (Å²) >= 11 is 0. The number of benzene rings is 2. The first-order valence-electron chi connectivity index (χ1n) is 11.0. The largest absolute Gasteiger partial charge is 0.491 e. The number of ether oxygens (including phenoxy) is 1. The molecule has 5 nitrogen and oxygen atoms in total. The van der Waals surface area contributed by atoms with Gasteiger partial charge in [-0.25, -0.2) is 0 Å². The topological polar surface area (TPSA) is 49.9 Å². The molecule has 0 fully saturated rings. The predicted octanol–water partition coefficient (Wildman–Crippen LogP) is 4.88. The fourth-order valence-electron chi connectivity index (χ4n) is 3.81. The van der Waals surface area contributed by atoms with Crippen LogP contribution in [0.2, 0.25) is 0 Å². The number of carbonyl (C=O) groups is 2. The molecule has 0 atom stereocenters. The Morgan fingerprint density at radius 1 is 0.935 bits per heavy atom. The number of amides is 2. The number of carbonyl (C=O) groups excluding carboxylic acids is 2. The second-order valence-electron chi connectivity index (χ2n) is 8.23. The van der Waals surface area contributed by atoms with E-state index in [9.17, 15) is 9.59 Å². The zero-order valence-electron chi connectivity index (χ0n) is 18.9. The molecule has 3 rings (SSSR count). The second-order valence-corrected chi connectivity index (χ2v) is 8.23. The Bertz CT molecular complexity index is 933. The van der Waals surface area contributed by atoms with Crippen molar-refractivity contribution in [1.82, 2.24) is 9.80 Å². The van der Waals surface area contributed by atoms with E-state index in [-0.39, 0.29) is 17.9 Å². The van der Waals surface area contributed by atoms with Crippen molar-refractivity contribution >= 4 is 17.4 Å². The molecule has 31 heavy (non-hydrogen) atoms. The zero-order chi connectivity index (χ0) is 22.4. The van der Waals surface area contributed by atoms with Crippen LogP contribution >= 0.6 is 0 Å². The molecule has 1 aliphatic heterocycles. The van der Waals surface area contributed by atoms with Gasteiger partial charge in [-0.1, -0.05) is 62.2 Å². The third-order valence-corrected chi connectivity index (χ3v) is 5.29. The lowest BCUT2D eigenvalue weighted by molar-refractivity contribution is -0.137. The molecule has 0 saturated carbocycles. The summed E-state index contributed by atoms with van der Waals surface area (Å²) in [4.78, 5) is 29.9. The van der Waals surface area contributed by atoms with E-state index < -0.39 is 0 Å². The molecule has 0 spiro atoms. The summed E-state index contributed by atoms with van der Waals surface area (Å²) in [6.45, 7) is 7.06. The minimum Gasteiger partial charge on any atom is -0.491 e. The van der Waals surface area contributed by atoms with Gasteiger partial charge in [0.1, 0.15) is 11.4 Å². The maximum atomic E-state index is 13.3. The van der Waals surface area contributed by atoms with Gasteiger partial charge in [-0.2, -0.15) is 0 Å². The highest BCUT2D eigenvalue weighted by Gasteiger charge is 2.40. The molecule has 0 unspecified atom stereocenters. The summed E-state index contributed by atoms with van der Waals surface area (Å²) in [5.74, 6) is 0.320. The van der Waals surface area contributed by atoms with Crippen molar-refractivity contribution in [2.24, 2.45) is 0 Å². The van der Waals surface area contributed by atoms with Crippen molar-refractivity contribution in [2.45, 2.75) is 52.7 Å². The van der Waals surface area contributed by atoms with E-state index in [1.807, 2.05) is 80.4 Å². The molecule has 0 aliphatic carbocycles. The lowest BCUT2D eigenvalue weighted by atomic mass is 10.0. The summed E-state index contributed by atoms with van der Waals surface area (Å²) in [5, 5.41) is 0. The van der Waals surface area contributed by atoms with Crippen LogP contribution in [0.5, 0.6) is 5.75 Å². The first-order valence-corrected chi connectivity index (χ1v) is 11.0. The van der Waals surface area contributed by atoms with Gasteiger partial charge in [-0.3, -0.25) is 14.5 Å². The van der Waals surface area contributed by atoms with E-state index in [0.717, 1.165) is 36.1 Å². The Labute approximate surface area is 185 Å². The van der Waals surface area contributed by atoms with Crippen molar-refractivity contribution in [1.29, 1.82) is 0 Å². The predicted molar refractivity (Wildman–Crippen MR) is 123 cm³/mol. The van der Waals surface area contributed by atoms with E-state index in [1.165, 1.54) is 4.90 Å². The quantitative estimate of drug-likeness (QED) is 0.406. The number of rotatable bonds is 10. The monoisotopic (exact) mass is 420 g/mol. The summed E-state index contributed by atoms with van der Waals surface area (Å²) in [6, 6.07) is 17.4. The molecule has 5 heteroatoms. The molecular formula is C26H32N2O3. The smallest absolute Gasteiger partial charge is 0.277 e. The van der Waals surface area contributed by atoms with Gasteiger partial charge < -0.3 is 9.64 Å². The molecule has 0 N–H and O–H groups in total. The van der Waals surface area contributed by atoms with Gasteiger partial charge in [0.25, 0.3) is 11.8 Å². The SMILES string of the molecule is CCCCCN1C(=O)C(c2ccc(OC(C)C)cc2)=C(N(C)Cc2ccccc2)C1=O. The van der Waals surface area contributed by atoms with E-state index in [2.05, 4.69) is 6.92 Å². The fourth-order valence-corrected chi connectivity index (χ4v) is 3.81. The molecule has 0 aromatic heterocycles. The van der Waals surface area contributed by atoms with Gasteiger partial charge in [-0.15, -0.1) is 0 Å². The number of nitrogens with zero attached hydrogens (tertiary/aromatic N) is 2. The minimum absolute atomic E-state index is 0.0707. The third kappa shape index (κ3) is 5.35. The molecule has 2 amide bonds. The Balaban J connectivity index is 1.95. The van der Waals surface area contributed by atoms with Crippen LogP contribution in [0.15, 0.2) is 60.3 Å². The van der Waals surface area contributed by atoms with Gasteiger partial charge in [0.05, 0.1) is 11.7 Å². The normalized spacial score (nSPS) is 14.0. The van der Waals surface area contributed by atoms with Gasteiger partial charge >= 0.3 is 0 Å². The average Bonchev–Trinajstić information content (AvgIpc) is 2.99. The van der Waals surface area contributed by atoms with Crippen LogP contribution in [0.25, 0.3) is 5.57 Å². The van der Waals surface area contributed by atoms with Crippen LogP contribution in [0, 0.1) is 0 Å². The van der Waals surface area contributed by atoms with Crippen molar-refractivity contribution in [2.75, 3.05) is 13.6 Å². The number of likely N-dealkylation sites (N-methyl/N-ethyl adjacent to an activating group) is 1. The Morgan fingerprint density at radius 2 is 1.61 bits per heavy atom.